The van der Waals surface area contributed by atoms with E-state index in [0.717, 1.165) is 13.0 Å². The van der Waals surface area contributed by atoms with Gasteiger partial charge in [0.15, 0.2) is 6.29 Å². The Morgan fingerprint density at radius 3 is 1.20 bits per heavy atom. The average Bonchev–Trinajstić information content (AvgIpc) is 2.72. The number of hydrogen-bond donors (Lipinski definition) is 4. The fourth-order valence-electron chi connectivity index (χ4n) is 4.48. The van der Waals surface area contributed by atoms with Crippen molar-refractivity contribution in [3.05, 3.63) is 0 Å². The van der Waals surface area contributed by atoms with Gasteiger partial charge >= 0.3 is 0 Å². The van der Waals surface area contributed by atoms with Crippen molar-refractivity contribution in [2.45, 2.75) is 122 Å². The Kier molecular flexibility index (Phi) is 21.9. The van der Waals surface area contributed by atoms with E-state index in [1.54, 1.807) is 0 Å². The molecule has 0 saturated carbocycles. The van der Waals surface area contributed by atoms with Crippen LogP contribution in [-0.4, -0.2) is 70.6 Å². The molecule has 182 valence electrons. The maximum atomic E-state index is 9.41. The molecule has 0 radical (unpaired) electrons. The molecular formula is C25H54NO4+. The molecule has 0 rings (SSSR count). The lowest BCUT2D eigenvalue weighted by molar-refractivity contribution is -0.929. The number of aliphatic hydroxyl groups excluding tert-OH is 3. The van der Waals surface area contributed by atoms with Gasteiger partial charge in [-0.2, -0.15) is 0 Å². The smallest absolute Gasteiger partial charge is 0.156 e. The summed E-state index contributed by atoms with van der Waals surface area (Å²) in [7, 11) is 0. The minimum Gasteiger partial charge on any atom is -0.391 e. The summed E-state index contributed by atoms with van der Waals surface area (Å²) in [6.45, 7) is 5.05. The van der Waals surface area contributed by atoms with Crippen molar-refractivity contribution >= 4 is 0 Å². The van der Waals surface area contributed by atoms with E-state index >= 15 is 0 Å². The van der Waals surface area contributed by atoms with Crippen LogP contribution in [0.25, 0.3) is 0 Å². The van der Waals surface area contributed by atoms with Gasteiger partial charge < -0.3 is 24.9 Å². The lowest BCUT2D eigenvalue weighted by Gasteiger charge is -2.38. The third kappa shape index (κ3) is 18.6. The summed E-state index contributed by atoms with van der Waals surface area (Å²) in [6, 6.07) is 0. The quantitative estimate of drug-likeness (QED) is 0.101. The minimum atomic E-state index is -1.31. The summed E-state index contributed by atoms with van der Waals surface area (Å²) in [6.07, 6.45) is 20.5. The van der Waals surface area contributed by atoms with Crippen LogP contribution in [0.5, 0.6) is 0 Å². The Morgan fingerprint density at radius 2 is 0.867 bits per heavy atom. The molecule has 0 aliphatic carbocycles. The van der Waals surface area contributed by atoms with E-state index in [2.05, 4.69) is 6.92 Å². The van der Waals surface area contributed by atoms with Crippen molar-refractivity contribution in [2.75, 3.05) is 39.4 Å². The monoisotopic (exact) mass is 432 g/mol. The van der Waals surface area contributed by atoms with E-state index in [4.69, 9.17) is 0 Å². The van der Waals surface area contributed by atoms with Crippen LogP contribution in [0.2, 0.25) is 0 Å². The van der Waals surface area contributed by atoms with E-state index in [0.29, 0.717) is 30.5 Å². The Morgan fingerprint density at radius 1 is 0.500 bits per heavy atom. The highest BCUT2D eigenvalue weighted by atomic mass is 16.5. The summed E-state index contributed by atoms with van der Waals surface area (Å²) in [4.78, 5) is 0. The lowest BCUT2D eigenvalue weighted by Crippen LogP contribution is -2.53. The molecular weight excluding hydrogens is 378 g/mol. The first-order valence-electron chi connectivity index (χ1n) is 13.0. The van der Waals surface area contributed by atoms with Gasteiger partial charge in [-0.15, -0.1) is 0 Å². The molecule has 0 unspecified atom stereocenters. The molecule has 0 aliphatic heterocycles. The highest BCUT2D eigenvalue weighted by Gasteiger charge is 2.26. The van der Waals surface area contributed by atoms with Crippen LogP contribution in [-0.2, 0) is 0 Å². The number of quaternary nitrogens is 1. The van der Waals surface area contributed by atoms with Crippen molar-refractivity contribution < 1.29 is 24.9 Å². The van der Waals surface area contributed by atoms with Crippen LogP contribution in [0.15, 0.2) is 0 Å². The molecule has 0 aromatic rings. The van der Waals surface area contributed by atoms with E-state index in [-0.39, 0.29) is 13.2 Å². The van der Waals surface area contributed by atoms with Crippen molar-refractivity contribution in [3.8, 4) is 0 Å². The fraction of sp³-hybridized carbons (Fsp3) is 1.00. The van der Waals surface area contributed by atoms with E-state index in [9.17, 15) is 20.4 Å². The predicted octanol–water partition coefficient (Wildman–Crippen LogP) is 4.75. The average molecular weight is 433 g/mol. The van der Waals surface area contributed by atoms with E-state index in [1.165, 1.54) is 96.3 Å². The molecule has 5 heteroatoms. The first kappa shape index (κ1) is 29.8. The molecule has 0 amide bonds. The van der Waals surface area contributed by atoms with Gasteiger partial charge in [-0.25, -0.2) is 0 Å². The molecule has 5 nitrogen and oxygen atoms in total. The van der Waals surface area contributed by atoms with Crippen LogP contribution in [0.3, 0.4) is 0 Å². The van der Waals surface area contributed by atoms with Crippen LogP contribution in [0, 0.1) is 0 Å². The largest absolute Gasteiger partial charge is 0.391 e. The molecule has 0 saturated heterocycles. The fourth-order valence-corrected chi connectivity index (χ4v) is 4.48. The second-order valence-corrected chi connectivity index (χ2v) is 9.26. The highest BCUT2D eigenvalue weighted by Crippen LogP contribution is 2.16. The van der Waals surface area contributed by atoms with Crippen molar-refractivity contribution in [3.63, 3.8) is 0 Å². The van der Waals surface area contributed by atoms with E-state index in [1.807, 2.05) is 0 Å². The summed E-state index contributed by atoms with van der Waals surface area (Å²) in [5.41, 5.74) is 0. The first-order chi connectivity index (χ1) is 14.6. The highest BCUT2D eigenvalue weighted by molar-refractivity contribution is 4.52. The number of unbranched alkanes of at least 4 members (excludes halogenated alkanes) is 15. The van der Waals surface area contributed by atoms with Crippen LogP contribution >= 0.6 is 0 Å². The van der Waals surface area contributed by atoms with Gasteiger partial charge in [0.25, 0.3) is 0 Å². The molecule has 0 aromatic heterocycles. The zero-order valence-electron chi connectivity index (χ0n) is 20.1. The lowest BCUT2D eigenvalue weighted by atomic mass is 10.0. The van der Waals surface area contributed by atoms with Gasteiger partial charge in [-0.05, 0) is 12.8 Å². The van der Waals surface area contributed by atoms with Crippen LogP contribution < -0.4 is 0 Å². The second kappa shape index (κ2) is 22.0. The molecule has 0 heterocycles. The Bertz CT molecular complexity index is 333. The molecule has 30 heavy (non-hydrogen) atoms. The second-order valence-electron chi connectivity index (χ2n) is 9.26. The molecule has 0 spiro atoms. The van der Waals surface area contributed by atoms with Crippen molar-refractivity contribution in [1.82, 2.24) is 0 Å². The van der Waals surface area contributed by atoms with Crippen molar-refractivity contribution in [2.24, 2.45) is 0 Å². The Labute approximate surface area is 187 Å². The molecule has 0 fully saturated rings. The summed E-state index contributed by atoms with van der Waals surface area (Å²) < 4.78 is 0.587. The van der Waals surface area contributed by atoms with Gasteiger partial charge in [0, 0.05) is 6.42 Å². The Balaban J connectivity index is 3.62. The van der Waals surface area contributed by atoms with Gasteiger partial charge in [0.05, 0.1) is 26.3 Å². The molecule has 0 atom stereocenters. The SMILES string of the molecule is CCCCCCCCCCCCCCCCCC[N+](CCO)(CCO)CCC(O)O. The third-order valence-electron chi connectivity index (χ3n) is 6.50. The normalized spacial score (nSPS) is 12.2. The summed E-state index contributed by atoms with van der Waals surface area (Å²) >= 11 is 0. The predicted molar refractivity (Wildman–Crippen MR) is 126 cm³/mol. The Hall–Kier alpha value is -0.200. The zero-order valence-corrected chi connectivity index (χ0v) is 20.1. The molecule has 0 aliphatic rings. The molecule has 0 aromatic carbocycles. The van der Waals surface area contributed by atoms with E-state index < -0.39 is 6.29 Å². The minimum absolute atomic E-state index is 0.0698. The number of rotatable bonds is 24. The standard InChI is InChI=1S/C25H54NO4/c1-2-3-4-5-6-7-8-9-10-11-12-13-14-15-16-17-19-26(21-23-27,22-24-28)20-18-25(29)30/h25,27-30H,2-24H2,1H3/q+1. The zero-order chi connectivity index (χ0) is 22.3. The molecule has 4 N–H and O–H groups in total. The van der Waals surface area contributed by atoms with Crippen LogP contribution in [0.4, 0.5) is 0 Å². The third-order valence-corrected chi connectivity index (χ3v) is 6.50. The van der Waals surface area contributed by atoms with Gasteiger partial charge in [0.1, 0.15) is 13.1 Å². The van der Waals surface area contributed by atoms with Gasteiger partial charge in [-0.3, -0.25) is 0 Å². The van der Waals surface area contributed by atoms with Crippen LogP contribution in [0.1, 0.15) is 116 Å². The number of hydrogen-bond acceptors (Lipinski definition) is 4. The topological polar surface area (TPSA) is 80.9 Å². The summed E-state index contributed by atoms with van der Waals surface area (Å²) in [5.74, 6) is 0. The maximum absolute atomic E-state index is 9.41. The molecule has 0 bridgehead atoms. The number of aliphatic hydroxyl groups is 4. The van der Waals surface area contributed by atoms with Gasteiger partial charge in [-0.1, -0.05) is 96.8 Å². The first-order valence-corrected chi connectivity index (χ1v) is 13.0. The maximum Gasteiger partial charge on any atom is 0.156 e. The van der Waals surface area contributed by atoms with Crippen molar-refractivity contribution in [1.29, 1.82) is 0 Å². The van der Waals surface area contributed by atoms with Gasteiger partial charge in [0.2, 0.25) is 0 Å². The number of nitrogens with zero attached hydrogens (tertiary/aromatic N) is 1. The summed E-state index contributed by atoms with van der Waals surface area (Å²) in [5, 5.41) is 37.2.